The molecule has 0 aromatic carbocycles. The molecule has 0 fully saturated rings. The van der Waals surface area contributed by atoms with Gasteiger partial charge in [0.05, 0.1) is 12.6 Å². The lowest BCUT2D eigenvalue weighted by Gasteiger charge is -2.06. The molecule has 0 aliphatic carbocycles. The Morgan fingerprint density at radius 1 is 1.69 bits per heavy atom. The zero-order valence-electron chi connectivity index (χ0n) is 7.11. The van der Waals surface area contributed by atoms with Gasteiger partial charge in [0.25, 0.3) is 6.43 Å². The van der Waals surface area contributed by atoms with Gasteiger partial charge in [0.2, 0.25) is 0 Å². The first-order valence-electron chi connectivity index (χ1n) is 3.74. The van der Waals surface area contributed by atoms with Gasteiger partial charge in [0.15, 0.2) is 0 Å². The minimum absolute atomic E-state index is 0.194. The van der Waals surface area contributed by atoms with Gasteiger partial charge in [0, 0.05) is 18.8 Å². The standard InChI is InChI=1S/C7H11F2N3O/c1-12-2-4(5(10)3-13)6(11-12)7(8)9/h2,5,7,13H,3,10H2,1H3/t5-/m1/s1. The molecule has 0 aliphatic rings. The van der Waals surface area contributed by atoms with E-state index in [9.17, 15) is 8.78 Å². The predicted molar refractivity (Wildman–Crippen MR) is 42.2 cm³/mol. The fourth-order valence-corrected chi connectivity index (χ4v) is 1.08. The number of aryl methyl sites for hydroxylation is 1. The van der Waals surface area contributed by atoms with Gasteiger partial charge >= 0.3 is 0 Å². The number of nitrogens with two attached hydrogens (primary N) is 1. The summed E-state index contributed by atoms with van der Waals surface area (Å²) in [6, 6.07) is -0.794. The van der Waals surface area contributed by atoms with E-state index in [0.717, 1.165) is 0 Å². The van der Waals surface area contributed by atoms with Gasteiger partial charge in [-0.15, -0.1) is 0 Å². The first kappa shape index (κ1) is 10.1. The summed E-state index contributed by atoms with van der Waals surface area (Å²) < 4.78 is 25.9. The molecule has 0 radical (unpaired) electrons. The van der Waals surface area contributed by atoms with Gasteiger partial charge in [-0.05, 0) is 0 Å². The molecule has 1 rings (SSSR count). The van der Waals surface area contributed by atoms with Crippen molar-refractivity contribution in [2.24, 2.45) is 12.8 Å². The number of aliphatic hydroxyl groups is 1. The minimum atomic E-state index is -2.66. The molecular weight excluding hydrogens is 180 g/mol. The Labute approximate surface area is 74.0 Å². The van der Waals surface area contributed by atoms with E-state index in [1.807, 2.05) is 0 Å². The van der Waals surface area contributed by atoms with Crippen molar-refractivity contribution in [3.63, 3.8) is 0 Å². The van der Waals surface area contributed by atoms with Crippen LogP contribution in [-0.4, -0.2) is 21.5 Å². The molecule has 1 aromatic heterocycles. The first-order chi connectivity index (χ1) is 6.06. The van der Waals surface area contributed by atoms with Crippen LogP contribution in [0.2, 0.25) is 0 Å². The largest absolute Gasteiger partial charge is 0.394 e. The van der Waals surface area contributed by atoms with Crippen LogP contribution in [0.3, 0.4) is 0 Å². The second kappa shape index (κ2) is 3.80. The summed E-state index contributed by atoms with van der Waals surface area (Å²) in [6.45, 7) is -0.370. The Hall–Kier alpha value is -1.01. The average molecular weight is 191 g/mol. The summed E-state index contributed by atoms with van der Waals surface area (Å²) in [5.41, 5.74) is 5.25. The van der Waals surface area contributed by atoms with Crippen LogP contribution in [0.1, 0.15) is 23.7 Å². The number of halogens is 2. The minimum Gasteiger partial charge on any atom is -0.394 e. The zero-order valence-corrected chi connectivity index (χ0v) is 7.11. The fraction of sp³-hybridized carbons (Fsp3) is 0.571. The Balaban J connectivity index is 3.04. The van der Waals surface area contributed by atoms with Crippen molar-refractivity contribution in [1.82, 2.24) is 9.78 Å². The Morgan fingerprint density at radius 2 is 2.31 bits per heavy atom. The molecule has 4 nitrogen and oxygen atoms in total. The highest BCUT2D eigenvalue weighted by atomic mass is 19.3. The molecule has 1 aromatic rings. The maximum atomic E-state index is 12.3. The van der Waals surface area contributed by atoms with Gasteiger partial charge in [0.1, 0.15) is 5.69 Å². The van der Waals surface area contributed by atoms with Crippen LogP contribution in [0.4, 0.5) is 8.78 Å². The highest BCUT2D eigenvalue weighted by Crippen LogP contribution is 2.24. The summed E-state index contributed by atoms with van der Waals surface area (Å²) in [5.74, 6) is 0. The maximum absolute atomic E-state index is 12.3. The predicted octanol–water partition coefficient (Wildman–Crippen LogP) is 0.350. The molecule has 1 heterocycles. The van der Waals surface area contributed by atoms with Crippen LogP contribution in [0.15, 0.2) is 6.20 Å². The highest BCUT2D eigenvalue weighted by Gasteiger charge is 2.21. The second-order valence-electron chi connectivity index (χ2n) is 2.73. The van der Waals surface area contributed by atoms with E-state index in [2.05, 4.69) is 5.10 Å². The topological polar surface area (TPSA) is 64.1 Å². The molecule has 6 heteroatoms. The zero-order chi connectivity index (χ0) is 10.0. The number of aliphatic hydroxyl groups excluding tert-OH is 1. The van der Waals surface area contributed by atoms with Crippen LogP contribution in [0.5, 0.6) is 0 Å². The molecule has 74 valence electrons. The van der Waals surface area contributed by atoms with E-state index in [-0.39, 0.29) is 17.9 Å². The van der Waals surface area contributed by atoms with E-state index in [4.69, 9.17) is 10.8 Å². The third-order valence-electron chi connectivity index (χ3n) is 1.69. The normalized spacial score (nSPS) is 13.7. The number of alkyl halides is 2. The van der Waals surface area contributed by atoms with Crippen LogP contribution in [0, 0.1) is 0 Å². The van der Waals surface area contributed by atoms with E-state index >= 15 is 0 Å². The quantitative estimate of drug-likeness (QED) is 0.724. The van der Waals surface area contributed by atoms with E-state index in [1.165, 1.54) is 17.9 Å². The molecular formula is C7H11F2N3O. The molecule has 0 bridgehead atoms. The summed E-state index contributed by atoms with van der Waals surface area (Å²) >= 11 is 0. The maximum Gasteiger partial charge on any atom is 0.282 e. The average Bonchev–Trinajstić information content (AvgIpc) is 2.46. The third-order valence-corrected chi connectivity index (χ3v) is 1.69. The van der Waals surface area contributed by atoms with E-state index in [1.54, 1.807) is 0 Å². The van der Waals surface area contributed by atoms with Crippen molar-refractivity contribution in [1.29, 1.82) is 0 Å². The SMILES string of the molecule is Cn1cc([C@H](N)CO)c(C(F)F)n1. The lowest BCUT2D eigenvalue weighted by molar-refractivity contribution is 0.142. The Kier molecular flexibility index (Phi) is 2.94. The van der Waals surface area contributed by atoms with Crippen molar-refractivity contribution in [2.75, 3.05) is 6.61 Å². The fourth-order valence-electron chi connectivity index (χ4n) is 1.08. The van der Waals surface area contributed by atoms with Crippen LogP contribution >= 0.6 is 0 Å². The number of aromatic nitrogens is 2. The monoisotopic (exact) mass is 191 g/mol. The van der Waals surface area contributed by atoms with Gasteiger partial charge in [-0.1, -0.05) is 0 Å². The van der Waals surface area contributed by atoms with Crippen molar-refractivity contribution in [3.05, 3.63) is 17.5 Å². The summed E-state index contributed by atoms with van der Waals surface area (Å²) in [7, 11) is 1.53. The number of hydrogen-bond donors (Lipinski definition) is 2. The molecule has 0 saturated heterocycles. The van der Waals surface area contributed by atoms with E-state index in [0.29, 0.717) is 0 Å². The van der Waals surface area contributed by atoms with Crippen LogP contribution in [-0.2, 0) is 7.05 Å². The Morgan fingerprint density at radius 3 is 2.77 bits per heavy atom. The molecule has 0 aliphatic heterocycles. The molecule has 0 saturated carbocycles. The molecule has 0 unspecified atom stereocenters. The summed E-state index contributed by atoms with van der Waals surface area (Å²) in [6.07, 6.45) is -1.27. The van der Waals surface area contributed by atoms with Crippen molar-refractivity contribution < 1.29 is 13.9 Å². The third kappa shape index (κ3) is 2.02. The molecule has 0 spiro atoms. The Bertz CT molecular complexity index is 287. The lowest BCUT2D eigenvalue weighted by Crippen LogP contribution is -2.15. The molecule has 0 amide bonds. The number of rotatable bonds is 3. The van der Waals surface area contributed by atoms with Gasteiger partial charge in [-0.3, -0.25) is 4.68 Å². The summed E-state index contributed by atoms with van der Waals surface area (Å²) in [4.78, 5) is 0. The molecule has 3 N–H and O–H groups in total. The molecule has 13 heavy (non-hydrogen) atoms. The van der Waals surface area contributed by atoms with Crippen LogP contribution in [0.25, 0.3) is 0 Å². The number of hydrogen-bond acceptors (Lipinski definition) is 3. The van der Waals surface area contributed by atoms with Crippen molar-refractivity contribution in [2.45, 2.75) is 12.5 Å². The lowest BCUT2D eigenvalue weighted by atomic mass is 10.1. The second-order valence-corrected chi connectivity index (χ2v) is 2.73. The highest BCUT2D eigenvalue weighted by molar-refractivity contribution is 5.22. The first-order valence-corrected chi connectivity index (χ1v) is 3.74. The smallest absolute Gasteiger partial charge is 0.282 e. The van der Waals surface area contributed by atoms with Crippen LogP contribution < -0.4 is 5.73 Å². The van der Waals surface area contributed by atoms with Gasteiger partial charge in [-0.2, -0.15) is 5.10 Å². The number of nitrogens with zero attached hydrogens (tertiary/aromatic N) is 2. The van der Waals surface area contributed by atoms with Gasteiger partial charge in [-0.25, -0.2) is 8.78 Å². The summed E-state index contributed by atoms with van der Waals surface area (Å²) in [5, 5.41) is 12.3. The molecule has 1 atom stereocenters. The van der Waals surface area contributed by atoms with E-state index < -0.39 is 12.5 Å². The van der Waals surface area contributed by atoms with Gasteiger partial charge < -0.3 is 10.8 Å². The van der Waals surface area contributed by atoms with Crippen molar-refractivity contribution >= 4 is 0 Å². The van der Waals surface area contributed by atoms with Crippen molar-refractivity contribution in [3.8, 4) is 0 Å².